The minimum atomic E-state index is -4.63. The van der Waals surface area contributed by atoms with Gasteiger partial charge in [-0.25, -0.2) is 9.55 Å². The topological polar surface area (TPSA) is 120 Å². The lowest BCUT2D eigenvalue weighted by molar-refractivity contribution is 0.0742. The molecule has 1 atom stereocenters. The third kappa shape index (κ3) is 5.49. The van der Waals surface area contributed by atoms with Crippen molar-refractivity contribution in [1.29, 1.82) is 0 Å². The number of halogens is 1. The van der Waals surface area contributed by atoms with Crippen LogP contribution in [0.5, 0.6) is 11.5 Å². The zero-order chi connectivity index (χ0) is 25.4. The Morgan fingerprint density at radius 2 is 1.92 bits per heavy atom. The molecule has 0 aliphatic heterocycles. The van der Waals surface area contributed by atoms with Gasteiger partial charge in [0.25, 0.3) is 5.56 Å². The summed E-state index contributed by atoms with van der Waals surface area (Å²) in [6, 6.07) is 14.2. The van der Waals surface area contributed by atoms with Gasteiger partial charge in [0.2, 0.25) is 0 Å². The molecule has 12 heteroatoms. The monoisotopic (exact) mass is 548 g/mol. The summed E-state index contributed by atoms with van der Waals surface area (Å²) in [5.74, 6) is 0.769. The third-order valence-corrected chi connectivity index (χ3v) is 7.77. The number of hydrogen-bond donors (Lipinski definition) is 2. The van der Waals surface area contributed by atoms with E-state index < -0.39 is 13.9 Å². The smallest absolute Gasteiger partial charge is 0.469 e. The average molecular weight is 549 g/mol. The van der Waals surface area contributed by atoms with Crippen LogP contribution in [0.25, 0.3) is 26.3 Å². The van der Waals surface area contributed by atoms with E-state index >= 15 is 0 Å². The molecule has 5 rings (SSSR count). The summed E-state index contributed by atoms with van der Waals surface area (Å²) in [6.45, 7) is -0.0401. The highest BCUT2D eigenvalue weighted by Crippen LogP contribution is 2.45. The van der Waals surface area contributed by atoms with E-state index in [1.54, 1.807) is 30.3 Å². The van der Waals surface area contributed by atoms with Crippen molar-refractivity contribution in [2.24, 2.45) is 5.92 Å². The number of nitrogens with zero attached hydrogens (tertiary/aromatic N) is 2. The van der Waals surface area contributed by atoms with Crippen LogP contribution in [0.15, 0.2) is 59.7 Å². The van der Waals surface area contributed by atoms with Gasteiger partial charge in [0.05, 0.1) is 18.3 Å². The lowest BCUT2D eigenvalue weighted by atomic mass is 10.2. The molecule has 2 aromatic heterocycles. The van der Waals surface area contributed by atoms with Crippen molar-refractivity contribution in [3.05, 3.63) is 70.2 Å². The van der Waals surface area contributed by atoms with E-state index in [1.165, 1.54) is 29.3 Å². The van der Waals surface area contributed by atoms with E-state index in [4.69, 9.17) is 35.4 Å². The van der Waals surface area contributed by atoms with E-state index in [2.05, 4.69) is 4.98 Å². The predicted molar refractivity (Wildman–Crippen MR) is 137 cm³/mol. The maximum absolute atomic E-state index is 13.3. The maximum Gasteiger partial charge on any atom is 0.469 e. The molecular formula is C24H22ClN2O7PS. The summed E-state index contributed by atoms with van der Waals surface area (Å²) >= 11 is 7.34. The van der Waals surface area contributed by atoms with Crippen molar-refractivity contribution in [2.45, 2.75) is 18.9 Å². The van der Waals surface area contributed by atoms with Gasteiger partial charge in [0.15, 0.2) is 11.5 Å². The van der Waals surface area contributed by atoms with E-state index in [0.29, 0.717) is 32.4 Å². The molecule has 0 saturated heterocycles. The Morgan fingerprint density at radius 3 is 2.58 bits per heavy atom. The lowest BCUT2D eigenvalue weighted by Gasteiger charge is -2.19. The molecule has 1 unspecified atom stereocenters. The van der Waals surface area contributed by atoms with Crippen LogP contribution in [0.3, 0.4) is 0 Å². The number of hydrogen-bond acceptors (Lipinski definition) is 7. The fourth-order valence-electron chi connectivity index (χ4n) is 3.85. The molecule has 4 aromatic rings. The van der Waals surface area contributed by atoms with Gasteiger partial charge in [-0.1, -0.05) is 23.7 Å². The second-order valence-electron chi connectivity index (χ2n) is 8.37. The van der Waals surface area contributed by atoms with Crippen molar-refractivity contribution in [2.75, 3.05) is 13.7 Å². The SMILES string of the molecule is COc1cc(-n2cnc3cc(-c4ccc(Cl)cc4)sc3c2=O)ccc1OCC(OP(=O)(O)O)C1CC1. The largest absolute Gasteiger partial charge is 0.493 e. The minimum Gasteiger partial charge on any atom is -0.493 e. The molecular weight excluding hydrogens is 527 g/mol. The molecule has 36 heavy (non-hydrogen) atoms. The Balaban J connectivity index is 1.41. The predicted octanol–water partition coefficient (Wildman–Crippen LogP) is 5.04. The van der Waals surface area contributed by atoms with Crippen molar-refractivity contribution in [3.8, 4) is 27.6 Å². The fraction of sp³-hybridized carbons (Fsp3) is 0.250. The van der Waals surface area contributed by atoms with Gasteiger partial charge in [0, 0.05) is 16.0 Å². The third-order valence-electron chi connectivity index (χ3n) is 5.82. The van der Waals surface area contributed by atoms with Crippen molar-refractivity contribution in [1.82, 2.24) is 9.55 Å². The highest BCUT2D eigenvalue weighted by Gasteiger charge is 2.37. The summed E-state index contributed by atoms with van der Waals surface area (Å²) in [5, 5.41) is 0.638. The molecule has 1 aliphatic carbocycles. The Bertz CT molecular complexity index is 1510. The zero-order valence-electron chi connectivity index (χ0n) is 19.0. The summed E-state index contributed by atoms with van der Waals surface area (Å²) in [6.07, 6.45) is 2.39. The van der Waals surface area contributed by atoms with Crippen LogP contribution in [-0.4, -0.2) is 39.2 Å². The Kier molecular flexibility index (Phi) is 6.91. The Labute approximate surface area is 215 Å². The number of thiophene rings is 1. The summed E-state index contributed by atoms with van der Waals surface area (Å²) in [4.78, 5) is 37.0. The van der Waals surface area contributed by atoms with Crippen LogP contribution in [-0.2, 0) is 9.09 Å². The number of aromatic nitrogens is 2. The van der Waals surface area contributed by atoms with Gasteiger partial charge in [0.1, 0.15) is 23.7 Å². The number of fused-ring (bicyclic) bond motifs is 1. The second kappa shape index (κ2) is 9.97. The van der Waals surface area contributed by atoms with Crippen LogP contribution in [0.2, 0.25) is 5.02 Å². The Hall–Kier alpha value is -2.72. The van der Waals surface area contributed by atoms with Crippen LogP contribution in [0.4, 0.5) is 0 Å². The number of phosphoric ester groups is 1. The van der Waals surface area contributed by atoms with Crippen LogP contribution in [0.1, 0.15) is 12.8 Å². The van der Waals surface area contributed by atoms with E-state index in [0.717, 1.165) is 23.3 Å². The average Bonchev–Trinajstić information content (AvgIpc) is 3.60. The number of phosphoric acid groups is 1. The van der Waals surface area contributed by atoms with Gasteiger partial charge < -0.3 is 19.3 Å². The first-order valence-electron chi connectivity index (χ1n) is 11.0. The summed E-state index contributed by atoms with van der Waals surface area (Å²) in [7, 11) is -3.16. The van der Waals surface area contributed by atoms with Crippen molar-refractivity contribution >= 4 is 41.0 Å². The zero-order valence-corrected chi connectivity index (χ0v) is 21.5. The fourth-order valence-corrected chi connectivity index (χ4v) is 5.60. The molecule has 188 valence electrons. The minimum absolute atomic E-state index is 0.0401. The summed E-state index contributed by atoms with van der Waals surface area (Å²) < 4.78 is 29.4. The molecule has 2 aromatic carbocycles. The van der Waals surface area contributed by atoms with E-state index in [1.807, 2.05) is 18.2 Å². The van der Waals surface area contributed by atoms with Crippen LogP contribution >= 0.6 is 30.8 Å². The molecule has 1 aliphatic rings. The number of benzene rings is 2. The van der Waals surface area contributed by atoms with Crippen molar-refractivity contribution in [3.63, 3.8) is 0 Å². The highest BCUT2D eigenvalue weighted by molar-refractivity contribution is 7.46. The first-order valence-corrected chi connectivity index (χ1v) is 13.8. The maximum atomic E-state index is 13.3. The second-order valence-corrected chi connectivity index (χ2v) is 11.1. The van der Waals surface area contributed by atoms with Gasteiger partial charge in [-0.2, -0.15) is 0 Å². The van der Waals surface area contributed by atoms with Crippen LogP contribution < -0.4 is 15.0 Å². The van der Waals surface area contributed by atoms with Crippen LogP contribution in [0, 0.1) is 5.92 Å². The normalized spacial score (nSPS) is 14.7. The highest BCUT2D eigenvalue weighted by atomic mass is 35.5. The standard InChI is InChI=1S/C24H22ClN2O7PS/c1-32-20-10-17(8-9-19(20)33-12-21(14-2-3-14)34-35(29,30)31)27-13-26-18-11-22(36-23(18)24(27)28)15-4-6-16(25)7-5-15/h4-11,13-14,21H,2-3,12H2,1H3,(H2,29,30,31). The molecule has 0 bridgehead atoms. The molecule has 2 N–H and O–H groups in total. The van der Waals surface area contributed by atoms with Gasteiger partial charge in [-0.15, -0.1) is 11.3 Å². The number of methoxy groups -OCH3 is 1. The number of rotatable bonds is 9. The molecule has 0 spiro atoms. The van der Waals surface area contributed by atoms with Crippen molar-refractivity contribution < 1.29 is 28.3 Å². The molecule has 9 nitrogen and oxygen atoms in total. The number of ether oxygens (including phenoxy) is 2. The molecule has 1 fully saturated rings. The molecule has 0 amide bonds. The molecule has 0 radical (unpaired) electrons. The van der Waals surface area contributed by atoms with Gasteiger partial charge in [-0.3, -0.25) is 13.9 Å². The Morgan fingerprint density at radius 1 is 1.17 bits per heavy atom. The quantitative estimate of drug-likeness (QED) is 0.279. The van der Waals surface area contributed by atoms with Gasteiger partial charge in [-0.05, 0) is 54.7 Å². The van der Waals surface area contributed by atoms with E-state index in [-0.39, 0.29) is 18.1 Å². The lowest BCUT2D eigenvalue weighted by Crippen LogP contribution is -2.23. The van der Waals surface area contributed by atoms with E-state index in [9.17, 15) is 9.36 Å². The molecule has 1 saturated carbocycles. The first kappa shape index (κ1) is 25.0. The molecule has 2 heterocycles. The summed E-state index contributed by atoms with van der Waals surface area (Å²) in [5.41, 5.74) is 1.87. The van der Waals surface area contributed by atoms with Gasteiger partial charge >= 0.3 is 7.82 Å². The first-order chi connectivity index (χ1) is 17.2.